The number of rotatable bonds is 2. The molecule has 2 aromatic rings. The van der Waals surface area contributed by atoms with Crippen LogP contribution in [0.3, 0.4) is 0 Å². The minimum absolute atomic E-state index is 0.272. The number of halogens is 1. The second-order valence-electron chi connectivity index (χ2n) is 8.21. The molecule has 0 N–H and O–H groups in total. The SMILES string of the molecule is Cc1sc(C2OC=CO2)cc1C1c2cc(Cl)ccc2CCN1C(=O)OC(C)(C)C. The van der Waals surface area contributed by atoms with Crippen molar-refractivity contribution in [1.29, 1.82) is 0 Å². The van der Waals surface area contributed by atoms with Gasteiger partial charge < -0.3 is 14.2 Å². The maximum Gasteiger partial charge on any atom is 0.411 e. The molecule has 0 fully saturated rings. The molecular formula is C22H24ClNO4S. The highest BCUT2D eigenvalue weighted by Gasteiger charge is 2.37. The summed E-state index contributed by atoms with van der Waals surface area (Å²) in [5.41, 5.74) is 2.70. The van der Waals surface area contributed by atoms with E-state index in [1.807, 2.05) is 39.0 Å². The lowest BCUT2D eigenvalue weighted by Gasteiger charge is -2.38. The maximum atomic E-state index is 13.1. The maximum absolute atomic E-state index is 13.1. The average molecular weight is 434 g/mol. The third-order valence-corrected chi connectivity index (χ3v) is 6.25. The van der Waals surface area contributed by atoms with Crippen LogP contribution in [0.25, 0.3) is 0 Å². The van der Waals surface area contributed by atoms with E-state index in [-0.39, 0.29) is 12.1 Å². The normalized spacial score (nSPS) is 18.9. The Morgan fingerprint density at radius 3 is 2.62 bits per heavy atom. The van der Waals surface area contributed by atoms with E-state index in [1.165, 1.54) is 5.56 Å². The second kappa shape index (κ2) is 7.58. The average Bonchev–Trinajstić information content (AvgIpc) is 3.28. The molecule has 0 radical (unpaired) electrons. The van der Waals surface area contributed by atoms with Gasteiger partial charge in [-0.15, -0.1) is 11.3 Å². The molecule has 0 bridgehead atoms. The molecule has 0 saturated heterocycles. The van der Waals surface area contributed by atoms with Gasteiger partial charge in [-0.05, 0) is 69.0 Å². The monoisotopic (exact) mass is 433 g/mol. The zero-order chi connectivity index (χ0) is 20.8. The summed E-state index contributed by atoms with van der Waals surface area (Å²) in [5.74, 6) is 0. The highest BCUT2D eigenvalue weighted by molar-refractivity contribution is 7.12. The lowest BCUT2D eigenvalue weighted by molar-refractivity contribution is -0.0217. The number of thiophene rings is 1. The van der Waals surface area contributed by atoms with Gasteiger partial charge in [0.15, 0.2) is 0 Å². The molecule has 1 aromatic heterocycles. The number of benzene rings is 1. The molecule has 29 heavy (non-hydrogen) atoms. The van der Waals surface area contributed by atoms with Gasteiger partial charge in [-0.1, -0.05) is 17.7 Å². The van der Waals surface area contributed by atoms with Crippen LogP contribution in [0.15, 0.2) is 36.8 Å². The molecule has 0 saturated carbocycles. The van der Waals surface area contributed by atoms with Gasteiger partial charge in [-0.2, -0.15) is 0 Å². The third kappa shape index (κ3) is 4.09. The van der Waals surface area contributed by atoms with Crippen LogP contribution < -0.4 is 0 Å². The first kappa shape index (κ1) is 20.1. The van der Waals surface area contributed by atoms with Crippen LogP contribution >= 0.6 is 22.9 Å². The van der Waals surface area contributed by atoms with Gasteiger partial charge in [0.1, 0.15) is 18.1 Å². The zero-order valence-electron chi connectivity index (χ0n) is 16.9. The van der Waals surface area contributed by atoms with Crippen LogP contribution in [0.4, 0.5) is 4.79 Å². The van der Waals surface area contributed by atoms with E-state index in [0.717, 1.165) is 27.3 Å². The molecule has 1 aromatic carbocycles. The van der Waals surface area contributed by atoms with E-state index in [0.29, 0.717) is 11.6 Å². The van der Waals surface area contributed by atoms with Crippen LogP contribution in [-0.4, -0.2) is 23.1 Å². The third-order valence-electron chi connectivity index (χ3n) is 4.93. The van der Waals surface area contributed by atoms with Crippen molar-refractivity contribution < 1.29 is 19.0 Å². The molecule has 1 unspecified atom stereocenters. The van der Waals surface area contributed by atoms with E-state index >= 15 is 0 Å². The Hall–Kier alpha value is -2.18. The van der Waals surface area contributed by atoms with Crippen molar-refractivity contribution in [3.05, 3.63) is 68.3 Å². The fourth-order valence-electron chi connectivity index (χ4n) is 3.72. The summed E-state index contributed by atoms with van der Waals surface area (Å²) in [6.07, 6.45) is 3.08. The largest absolute Gasteiger partial charge is 0.454 e. The van der Waals surface area contributed by atoms with E-state index in [9.17, 15) is 4.79 Å². The van der Waals surface area contributed by atoms with Crippen LogP contribution in [0.5, 0.6) is 0 Å². The summed E-state index contributed by atoms with van der Waals surface area (Å²) < 4.78 is 16.7. The summed E-state index contributed by atoms with van der Waals surface area (Å²) in [6, 6.07) is 7.70. The van der Waals surface area contributed by atoms with Crippen LogP contribution in [0, 0.1) is 6.92 Å². The Bertz CT molecular complexity index is 954. The lowest BCUT2D eigenvalue weighted by Crippen LogP contribution is -2.43. The number of aryl methyl sites for hydroxylation is 1. The van der Waals surface area contributed by atoms with Gasteiger partial charge in [-0.25, -0.2) is 4.79 Å². The van der Waals surface area contributed by atoms with Crippen molar-refractivity contribution in [2.75, 3.05) is 6.54 Å². The van der Waals surface area contributed by atoms with Gasteiger partial charge in [0, 0.05) is 16.4 Å². The minimum Gasteiger partial charge on any atom is -0.454 e. The molecule has 7 heteroatoms. The zero-order valence-corrected chi connectivity index (χ0v) is 18.5. The van der Waals surface area contributed by atoms with Gasteiger partial charge in [-0.3, -0.25) is 4.90 Å². The first-order valence-corrected chi connectivity index (χ1v) is 10.8. The summed E-state index contributed by atoms with van der Waals surface area (Å²) in [4.78, 5) is 16.9. The molecule has 5 nitrogen and oxygen atoms in total. The fraction of sp³-hybridized carbons (Fsp3) is 0.409. The number of carbonyl (C=O) groups is 1. The van der Waals surface area contributed by atoms with Crippen LogP contribution in [0.1, 0.15) is 59.5 Å². The number of ether oxygens (including phenoxy) is 3. The van der Waals surface area contributed by atoms with Gasteiger partial charge in [0.2, 0.25) is 0 Å². The number of carbonyl (C=O) groups excluding carboxylic acids is 1. The molecule has 1 amide bonds. The standard InChI is InChI=1S/C22H24ClNO4S/c1-13-16(12-18(29-13)20-26-9-10-27-20)19-17-11-15(23)6-5-14(17)7-8-24(19)21(25)28-22(2,3)4/h5-6,9-12,19-20H,7-8H2,1-4H3. The van der Waals surface area contributed by atoms with E-state index in [4.69, 9.17) is 25.8 Å². The molecule has 0 spiro atoms. The van der Waals surface area contributed by atoms with Gasteiger partial charge >= 0.3 is 6.09 Å². The van der Waals surface area contributed by atoms with E-state index in [1.54, 1.807) is 28.8 Å². The van der Waals surface area contributed by atoms with E-state index in [2.05, 4.69) is 13.0 Å². The van der Waals surface area contributed by atoms with Crippen molar-refractivity contribution >= 4 is 29.0 Å². The molecule has 3 heterocycles. The first-order chi connectivity index (χ1) is 13.7. The summed E-state index contributed by atoms with van der Waals surface area (Å²) in [6.45, 7) is 8.27. The molecule has 1 atom stereocenters. The summed E-state index contributed by atoms with van der Waals surface area (Å²) in [7, 11) is 0. The predicted molar refractivity (Wildman–Crippen MR) is 113 cm³/mol. The van der Waals surface area contributed by atoms with Crippen molar-refractivity contribution in [2.45, 2.75) is 52.0 Å². The topological polar surface area (TPSA) is 48.0 Å². The smallest absolute Gasteiger partial charge is 0.411 e. The molecule has 0 aliphatic carbocycles. The number of fused-ring (bicyclic) bond motifs is 1. The lowest BCUT2D eigenvalue weighted by atomic mass is 9.88. The first-order valence-electron chi connectivity index (χ1n) is 9.57. The second-order valence-corrected chi connectivity index (χ2v) is 9.93. The van der Waals surface area contributed by atoms with Crippen molar-refractivity contribution in [2.24, 2.45) is 0 Å². The Kier molecular flexibility index (Phi) is 5.25. The molecular weight excluding hydrogens is 410 g/mol. The number of nitrogens with zero attached hydrogens (tertiary/aromatic N) is 1. The summed E-state index contributed by atoms with van der Waals surface area (Å²) >= 11 is 7.94. The van der Waals surface area contributed by atoms with Crippen LogP contribution in [-0.2, 0) is 20.6 Å². The molecule has 2 aliphatic rings. The molecule has 4 rings (SSSR count). The van der Waals surface area contributed by atoms with Crippen molar-refractivity contribution in [1.82, 2.24) is 4.90 Å². The highest BCUT2D eigenvalue weighted by Crippen LogP contribution is 2.43. The minimum atomic E-state index is -0.567. The van der Waals surface area contributed by atoms with E-state index < -0.39 is 11.9 Å². The molecule has 154 valence electrons. The van der Waals surface area contributed by atoms with Gasteiger partial charge in [0.25, 0.3) is 6.29 Å². The number of amides is 1. The van der Waals surface area contributed by atoms with Crippen LogP contribution in [0.2, 0.25) is 5.02 Å². The quantitative estimate of drug-likeness (QED) is 0.573. The Morgan fingerprint density at radius 2 is 1.93 bits per heavy atom. The Morgan fingerprint density at radius 1 is 1.21 bits per heavy atom. The van der Waals surface area contributed by atoms with Crippen molar-refractivity contribution in [3.8, 4) is 0 Å². The summed E-state index contributed by atoms with van der Waals surface area (Å²) in [5, 5.41) is 0.652. The Labute approximate surface area is 179 Å². The van der Waals surface area contributed by atoms with Crippen molar-refractivity contribution in [3.63, 3.8) is 0 Å². The number of hydrogen-bond donors (Lipinski definition) is 0. The van der Waals surface area contributed by atoms with Gasteiger partial charge in [0.05, 0.1) is 10.9 Å². The Balaban J connectivity index is 1.77. The fourth-order valence-corrected chi connectivity index (χ4v) is 4.94. The predicted octanol–water partition coefficient (Wildman–Crippen LogP) is 6.11. The highest BCUT2D eigenvalue weighted by atomic mass is 35.5. The molecule has 2 aliphatic heterocycles. The number of hydrogen-bond acceptors (Lipinski definition) is 5.